The van der Waals surface area contributed by atoms with E-state index < -0.39 is 5.41 Å². The van der Waals surface area contributed by atoms with Crippen molar-refractivity contribution < 1.29 is 9.59 Å². The molecule has 0 radical (unpaired) electrons. The van der Waals surface area contributed by atoms with Crippen molar-refractivity contribution >= 4 is 23.2 Å². The molecular formula is C25H32N2O2S. The number of hydrogen-bond donors (Lipinski definition) is 1. The van der Waals surface area contributed by atoms with E-state index in [4.69, 9.17) is 0 Å². The van der Waals surface area contributed by atoms with Gasteiger partial charge in [0.25, 0.3) is 0 Å². The molecule has 2 amide bonds. The lowest BCUT2D eigenvalue weighted by molar-refractivity contribution is -0.141. The van der Waals surface area contributed by atoms with E-state index in [2.05, 4.69) is 60.9 Å². The maximum absolute atomic E-state index is 13.3. The zero-order valence-electron chi connectivity index (χ0n) is 18.0. The van der Waals surface area contributed by atoms with Crippen LogP contribution in [-0.2, 0) is 16.0 Å². The fraction of sp³-hybridized carbons (Fsp3) is 0.520. The van der Waals surface area contributed by atoms with Crippen LogP contribution < -0.4 is 5.32 Å². The first-order valence-corrected chi connectivity index (χ1v) is 12.1. The van der Waals surface area contributed by atoms with E-state index in [1.807, 2.05) is 4.90 Å². The molecule has 1 aromatic carbocycles. The minimum atomic E-state index is -0.450. The first-order valence-electron chi connectivity index (χ1n) is 11.2. The normalized spacial score (nSPS) is 22.5. The van der Waals surface area contributed by atoms with E-state index in [9.17, 15) is 9.59 Å². The summed E-state index contributed by atoms with van der Waals surface area (Å²) < 4.78 is 0. The number of thiophene rings is 1. The molecule has 1 saturated heterocycles. The van der Waals surface area contributed by atoms with Crippen molar-refractivity contribution in [3.63, 3.8) is 0 Å². The van der Waals surface area contributed by atoms with Crippen molar-refractivity contribution in [2.45, 2.75) is 46.0 Å². The number of hydrogen-bond acceptors (Lipinski definition) is 3. The molecule has 30 heavy (non-hydrogen) atoms. The standard InChI is InChI=1S/C25H32N2O2S/c1-3-12-26-24(29)25(10-13-27(14-11-25)23(28)21-16-18(21)2)17-19-7-4-5-8-20(19)22-9-6-15-30-22/h4-9,15,18,21H,3,10-14,16-17H2,1-2H3,(H,26,29)/t18-,21-/m0/s1. The molecule has 0 unspecified atom stereocenters. The monoisotopic (exact) mass is 424 g/mol. The van der Waals surface area contributed by atoms with Crippen LogP contribution in [0.4, 0.5) is 0 Å². The largest absolute Gasteiger partial charge is 0.356 e. The second kappa shape index (κ2) is 8.93. The van der Waals surface area contributed by atoms with Crippen LogP contribution in [0, 0.1) is 17.3 Å². The molecule has 1 aliphatic heterocycles. The molecule has 1 aliphatic carbocycles. The quantitative estimate of drug-likeness (QED) is 0.697. The highest BCUT2D eigenvalue weighted by Crippen LogP contribution is 2.43. The lowest BCUT2D eigenvalue weighted by atomic mass is 9.72. The van der Waals surface area contributed by atoms with Crippen molar-refractivity contribution in [2.24, 2.45) is 17.3 Å². The molecule has 0 bridgehead atoms. The fourth-order valence-corrected chi connectivity index (χ4v) is 5.46. The maximum atomic E-state index is 13.3. The number of nitrogens with zero attached hydrogens (tertiary/aromatic N) is 1. The minimum Gasteiger partial charge on any atom is -0.356 e. The molecule has 0 spiro atoms. The van der Waals surface area contributed by atoms with E-state index in [1.165, 1.54) is 16.0 Å². The summed E-state index contributed by atoms with van der Waals surface area (Å²) in [4.78, 5) is 29.3. The molecule has 2 aromatic rings. The van der Waals surface area contributed by atoms with Crippen molar-refractivity contribution in [2.75, 3.05) is 19.6 Å². The van der Waals surface area contributed by atoms with E-state index in [0.717, 1.165) is 32.1 Å². The molecule has 1 saturated carbocycles. The molecule has 2 heterocycles. The van der Waals surface area contributed by atoms with E-state index in [0.29, 0.717) is 31.5 Å². The molecule has 5 heteroatoms. The van der Waals surface area contributed by atoms with Gasteiger partial charge in [0.15, 0.2) is 0 Å². The van der Waals surface area contributed by atoms with Gasteiger partial charge in [-0.2, -0.15) is 0 Å². The van der Waals surface area contributed by atoms with Crippen molar-refractivity contribution in [3.8, 4) is 10.4 Å². The topological polar surface area (TPSA) is 49.4 Å². The summed E-state index contributed by atoms with van der Waals surface area (Å²) in [6.07, 6.45) is 4.13. The summed E-state index contributed by atoms with van der Waals surface area (Å²) in [5.74, 6) is 1.18. The van der Waals surface area contributed by atoms with Gasteiger partial charge in [-0.25, -0.2) is 0 Å². The number of rotatable bonds is 7. The Morgan fingerprint density at radius 2 is 1.90 bits per heavy atom. The number of amides is 2. The fourth-order valence-electron chi connectivity index (χ4n) is 4.68. The van der Waals surface area contributed by atoms with Gasteiger partial charge in [-0.3, -0.25) is 9.59 Å². The summed E-state index contributed by atoms with van der Waals surface area (Å²) in [5, 5.41) is 5.26. The summed E-state index contributed by atoms with van der Waals surface area (Å²) in [5.41, 5.74) is 2.00. The third kappa shape index (κ3) is 4.31. The predicted molar refractivity (Wildman–Crippen MR) is 122 cm³/mol. The first-order chi connectivity index (χ1) is 14.5. The average molecular weight is 425 g/mol. The van der Waals surface area contributed by atoms with Crippen molar-refractivity contribution in [3.05, 3.63) is 47.3 Å². The van der Waals surface area contributed by atoms with Crippen LogP contribution in [0.3, 0.4) is 0 Å². The van der Waals surface area contributed by atoms with Crippen LogP contribution in [0.25, 0.3) is 10.4 Å². The number of carbonyl (C=O) groups is 2. The Morgan fingerprint density at radius 3 is 2.53 bits per heavy atom. The Morgan fingerprint density at radius 1 is 1.17 bits per heavy atom. The summed E-state index contributed by atoms with van der Waals surface area (Å²) in [6.45, 7) is 6.30. The van der Waals surface area contributed by atoms with Crippen molar-refractivity contribution in [1.29, 1.82) is 0 Å². The van der Waals surface area contributed by atoms with Gasteiger partial charge in [0, 0.05) is 30.4 Å². The first kappa shape index (κ1) is 21.1. The maximum Gasteiger partial charge on any atom is 0.226 e. The van der Waals surface area contributed by atoms with E-state index >= 15 is 0 Å². The Bertz CT molecular complexity index is 884. The number of carbonyl (C=O) groups excluding carboxylic acids is 2. The second-order valence-corrected chi connectivity index (χ2v) is 9.94. The molecule has 2 atom stereocenters. The number of likely N-dealkylation sites (tertiary alicyclic amines) is 1. The third-order valence-corrected chi connectivity index (χ3v) is 7.71. The van der Waals surface area contributed by atoms with Gasteiger partial charge in [0.1, 0.15) is 0 Å². The van der Waals surface area contributed by atoms with Crippen LogP contribution in [-0.4, -0.2) is 36.3 Å². The number of benzene rings is 1. The van der Waals surface area contributed by atoms with Crippen LogP contribution in [0.5, 0.6) is 0 Å². The van der Waals surface area contributed by atoms with Crippen LogP contribution in [0.2, 0.25) is 0 Å². The lowest BCUT2D eigenvalue weighted by Gasteiger charge is -2.41. The van der Waals surface area contributed by atoms with Gasteiger partial charge in [-0.05, 0) is 60.6 Å². The molecular weight excluding hydrogens is 392 g/mol. The minimum absolute atomic E-state index is 0.150. The Kier molecular flexibility index (Phi) is 6.28. The molecule has 1 N–H and O–H groups in total. The van der Waals surface area contributed by atoms with E-state index in [1.54, 1.807) is 11.3 Å². The highest BCUT2D eigenvalue weighted by molar-refractivity contribution is 7.13. The molecule has 4 rings (SSSR count). The number of nitrogens with one attached hydrogen (secondary N) is 1. The lowest BCUT2D eigenvalue weighted by Crippen LogP contribution is -2.51. The van der Waals surface area contributed by atoms with Gasteiger partial charge in [-0.1, -0.05) is 44.2 Å². The predicted octanol–water partition coefficient (Wildman–Crippen LogP) is 4.75. The third-order valence-electron chi connectivity index (χ3n) is 6.81. The highest BCUT2D eigenvalue weighted by Gasteiger charge is 2.46. The molecule has 4 nitrogen and oxygen atoms in total. The van der Waals surface area contributed by atoms with Gasteiger partial charge in [0.05, 0.1) is 5.41 Å². The van der Waals surface area contributed by atoms with Crippen molar-refractivity contribution in [1.82, 2.24) is 10.2 Å². The summed E-state index contributed by atoms with van der Waals surface area (Å²) >= 11 is 1.73. The highest BCUT2D eigenvalue weighted by atomic mass is 32.1. The van der Waals surface area contributed by atoms with Gasteiger partial charge in [-0.15, -0.1) is 11.3 Å². The Labute approximate surface area is 183 Å². The molecule has 160 valence electrons. The molecule has 2 aliphatic rings. The average Bonchev–Trinajstić information content (AvgIpc) is 3.25. The molecule has 2 fully saturated rings. The zero-order chi connectivity index (χ0) is 21.1. The number of piperidine rings is 1. The SMILES string of the molecule is CCCNC(=O)C1(Cc2ccccc2-c2cccs2)CCN(C(=O)[C@H]2C[C@@H]2C)CC1. The van der Waals surface area contributed by atoms with Gasteiger partial charge in [0.2, 0.25) is 11.8 Å². The zero-order valence-corrected chi connectivity index (χ0v) is 18.8. The van der Waals surface area contributed by atoms with Crippen LogP contribution in [0.15, 0.2) is 41.8 Å². The van der Waals surface area contributed by atoms with E-state index in [-0.39, 0.29) is 11.8 Å². The summed E-state index contributed by atoms with van der Waals surface area (Å²) in [7, 11) is 0. The Balaban J connectivity index is 1.56. The van der Waals surface area contributed by atoms with Crippen LogP contribution >= 0.6 is 11.3 Å². The summed E-state index contributed by atoms with van der Waals surface area (Å²) in [6, 6.07) is 12.7. The smallest absolute Gasteiger partial charge is 0.226 e. The van der Waals surface area contributed by atoms with Gasteiger partial charge < -0.3 is 10.2 Å². The van der Waals surface area contributed by atoms with Gasteiger partial charge >= 0.3 is 0 Å². The Hall–Kier alpha value is -2.14. The molecule has 1 aromatic heterocycles. The van der Waals surface area contributed by atoms with Crippen LogP contribution in [0.1, 0.15) is 45.1 Å². The second-order valence-electron chi connectivity index (χ2n) is 8.99.